The molecule has 2 aromatic rings. The summed E-state index contributed by atoms with van der Waals surface area (Å²) >= 11 is 0. The Morgan fingerprint density at radius 3 is 1.26 bits per heavy atom. The van der Waals surface area contributed by atoms with Crippen LogP contribution in [0, 0.1) is 13.8 Å². The van der Waals surface area contributed by atoms with E-state index in [0.717, 1.165) is 37.1 Å². The average molecular weight is 521 g/mol. The summed E-state index contributed by atoms with van der Waals surface area (Å²) in [6.07, 6.45) is 9.37. The molecule has 0 aromatic heterocycles. The van der Waals surface area contributed by atoms with Gasteiger partial charge in [-0.3, -0.25) is 9.59 Å². The van der Waals surface area contributed by atoms with E-state index >= 15 is 0 Å². The number of nitrogens with zero attached hydrogens (tertiary/aromatic N) is 2. The minimum atomic E-state index is 0.0326. The van der Waals surface area contributed by atoms with Crippen molar-refractivity contribution in [1.29, 1.82) is 0 Å². The number of aryl methyl sites for hydroxylation is 2. The van der Waals surface area contributed by atoms with Gasteiger partial charge in [0.25, 0.3) is 11.8 Å². The molecule has 38 heavy (non-hydrogen) atoms. The third kappa shape index (κ3) is 11.4. The maximum atomic E-state index is 12.1. The van der Waals surface area contributed by atoms with Gasteiger partial charge < -0.3 is 20.4 Å². The number of piperazine rings is 1. The second kappa shape index (κ2) is 17.0. The number of nitrogens with one attached hydrogen (secondary N) is 2. The van der Waals surface area contributed by atoms with Gasteiger partial charge in [0.1, 0.15) is 0 Å². The van der Waals surface area contributed by atoms with Crippen LogP contribution < -0.4 is 10.6 Å². The van der Waals surface area contributed by atoms with Crippen LogP contribution in [0.15, 0.2) is 48.5 Å². The Labute approximate surface area is 230 Å². The van der Waals surface area contributed by atoms with Crippen LogP contribution in [0.4, 0.5) is 0 Å². The zero-order valence-corrected chi connectivity index (χ0v) is 23.6. The first-order valence-corrected chi connectivity index (χ1v) is 14.7. The topological polar surface area (TPSA) is 64.7 Å². The van der Waals surface area contributed by atoms with Crippen molar-refractivity contribution in [3.8, 4) is 0 Å². The van der Waals surface area contributed by atoms with Crippen LogP contribution in [0.3, 0.4) is 0 Å². The molecule has 1 fully saturated rings. The zero-order chi connectivity index (χ0) is 27.0. The van der Waals surface area contributed by atoms with Gasteiger partial charge in [0.05, 0.1) is 0 Å². The first-order valence-electron chi connectivity index (χ1n) is 14.7. The van der Waals surface area contributed by atoms with E-state index in [9.17, 15) is 9.59 Å². The Bertz CT molecular complexity index is 871. The summed E-state index contributed by atoms with van der Waals surface area (Å²) in [4.78, 5) is 29.5. The fraction of sp³-hybridized carbons (Fsp3) is 0.562. The van der Waals surface area contributed by atoms with Crippen LogP contribution in [0.5, 0.6) is 0 Å². The number of unbranched alkanes of at least 4 members (excludes halogenated alkanes) is 6. The SMILES string of the molecule is Cc1ccc(C(=O)NCCCCCCN2CCN(CCCCCCNC(=O)c3ccc(C)cc3)CC2)cc1. The molecule has 1 aliphatic heterocycles. The quantitative estimate of drug-likeness (QED) is 0.299. The summed E-state index contributed by atoms with van der Waals surface area (Å²) in [5, 5.41) is 6.07. The molecule has 2 aromatic carbocycles. The molecule has 2 N–H and O–H groups in total. The molecule has 1 aliphatic rings. The third-order valence-corrected chi connectivity index (χ3v) is 7.47. The highest BCUT2D eigenvalue weighted by molar-refractivity contribution is 5.94. The molecule has 6 nitrogen and oxygen atoms in total. The van der Waals surface area contributed by atoms with E-state index in [4.69, 9.17) is 0 Å². The van der Waals surface area contributed by atoms with Crippen LogP contribution >= 0.6 is 0 Å². The number of hydrogen-bond acceptors (Lipinski definition) is 4. The van der Waals surface area contributed by atoms with Crippen LogP contribution in [0.2, 0.25) is 0 Å². The second-order valence-electron chi connectivity index (χ2n) is 10.8. The highest BCUT2D eigenvalue weighted by atomic mass is 16.2. The maximum absolute atomic E-state index is 12.1. The number of carbonyl (C=O) groups is 2. The van der Waals surface area contributed by atoms with Crippen molar-refractivity contribution < 1.29 is 9.59 Å². The van der Waals surface area contributed by atoms with Gasteiger partial charge in [0.15, 0.2) is 0 Å². The van der Waals surface area contributed by atoms with Gasteiger partial charge in [-0.2, -0.15) is 0 Å². The molecule has 208 valence electrons. The van der Waals surface area contributed by atoms with Crippen LogP contribution in [-0.4, -0.2) is 74.0 Å². The fourth-order valence-electron chi connectivity index (χ4n) is 4.88. The Morgan fingerprint density at radius 2 is 0.895 bits per heavy atom. The Kier molecular flexibility index (Phi) is 13.4. The van der Waals surface area contributed by atoms with Crippen molar-refractivity contribution in [2.75, 3.05) is 52.4 Å². The van der Waals surface area contributed by atoms with Crippen LogP contribution in [0.1, 0.15) is 83.2 Å². The van der Waals surface area contributed by atoms with Crippen molar-refractivity contribution in [1.82, 2.24) is 20.4 Å². The van der Waals surface area contributed by atoms with Crippen molar-refractivity contribution in [3.63, 3.8) is 0 Å². The molecule has 0 spiro atoms. The molecule has 0 unspecified atom stereocenters. The first kappa shape index (κ1) is 29.9. The van der Waals surface area contributed by atoms with E-state index in [0.29, 0.717) is 0 Å². The highest BCUT2D eigenvalue weighted by Crippen LogP contribution is 2.09. The Hall–Kier alpha value is -2.70. The molecule has 0 bridgehead atoms. The van der Waals surface area contributed by atoms with Crippen LogP contribution in [-0.2, 0) is 0 Å². The summed E-state index contributed by atoms with van der Waals surface area (Å²) in [6, 6.07) is 15.5. The summed E-state index contributed by atoms with van der Waals surface area (Å²) < 4.78 is 0. The summed E-state index contributed by atoms with van der Waals surface area (Å²) in [5.41, 5.74) is 3.84. The largest absolute Gasteiger partial charge is 0.352 e. The number of hydrogen-bond donors (Lipinski definition) is 2. The minimum Gasteiger partial charge on any atom is -0.352 e. The van der Waals surface area contributed by atoms with Crippen molar-refractivity contribution in [3.05, 3.63) is 70.8 Å². The van der Waals surface area contributed by atoms with Crippen molar-refractivity contribution in [2.45, 2.75) is 65.2 Å². The monoisotopic (exact) mass is 520 g/mol. The van der Waals surface area contributed by atoms with E-state index in [1.54, 1.807) is 0 Å². The lowest BCUT2D eigenvalue weighted by Gasteiger charge is -2.34. The number of rotatable bonds is 16. The molecular formula is C32H48N4O2. The number of benzene rings is 2. The molecule has 1 heterocycles. The molecule has 0 aliphatic carbocycles. The maximum Gasteiger partial charge on any atom is 0.251 e. The van der Waals surface area contributed by atoms with E-state index < -0.39 is 0 Å². The van der Waals surface area contributed by atoms with Crippen molar-refractivity contribution in [2.24, 2.45) is 0 Å². The lowest BCUT2D eigenvalue weighted by molar-refractivity contribution is 0.0944. The summed E-state index contributed by atoms with van der Waals surface area (Å²) in [7, 11) is 0. The van der Waals surface area contributed by atoms with Gasteiger partial charge in [-0.05, 0) is 76.9 Å². The van der Waals surface area contributed by atoms with E-state index in [1.165, 1.54) is 88.9 Å². The van der Waals surface area contributed by atoms with Gasteiger partial charge in [-0.25, -0.2) is 0 Å². The molecular weight excluding hydrogens is 472 g/mol. The molecule has 1 saturated heterocycles. The Morgan fingerprint density at radius 1 is 0.553 bits per heavy atom. The lowest BCUT2D eigenvalue weighted by atomic mass is 10.1. The van der Waals surface area contributed by atoms with Crippen molar-refractivity contribution >= 4 is 11.8 Å². The smallest absolute Gasteiger partial charge is 0.251 e. The summed E-state index contributed by atoms with van der Waals surface area (Å²) in [6.45, 7) is 12.7. The lowest BCUT2D eigenvalue weighted by Crippen LogP contribution is -2.46. The summed E-state index contributed by atoms with van der Waals surface area (Å²) in [5.74, 6) is 0.0653. The van der Waals surface area contributed by atoms with Gasteiger partial charge >= 0.3 is 0 Å². The molecule has 0 radical (unpaired) electrons. The predicted molar refractivity (Wildman–Crippen MR) is 157 cm³/mol. The molecule has 0 saturated carbocycles. The average Bonchev–Trinajstić information content (AvgIpc) is 2.93. The second-order valence-corrected chi connectivity index (χ2v) is 10.8. The van der Waals surface area contributed by atoms with E-state index in [2.05, 4.69) is 20.4 Å². The number of carbonyl (C=O) groups excluding carboxylic acids is 2. The van der Waals surface area contributed by atoms with E-state index in [-0.39, 0.29) is 11.8 Å². The van der Waals surface area contributed by atoms with Crippen LogP contribution in [0.25, 0.3) is 0 Å². The molecule has 6 heteroatoms. The predicted octanol–water partition coefficient (Wildman–Crippen LogP) is 5.20. The molecule has 2 amide bonds. The Balaban J connectivity index is 1.10. The molecule has 3 rings (SSSR count). The minimum absolute atomic E-state index is 0.0326. The zero-order valence-electron chi connectivity index (χ0n) is 23.6. The first-order chi connectivity index (χ1) is 18.5. The van der Waals surface area contributed by atoms with Gasteiger partial charge in [-0.1, -0.05) is 61.1 Å². The fourth-order valence-corrected chi connectivity index (χ4v) is 4.88. The number of amides is 2. The standard InChI is InChI=1S/C32H48N4O2/c1-27-11-15-29(16-12-27)31(37)33-19-7-3-5-9-21-35-23-25-36(26-24-35)22-10-6-4-8-20-34-32(38)30-17-13-28(2)14-18-30/h11-18H,3-10,19-26H2,1-2H3,(H,33,37)(H,34,38). The van der Waals surface area contributed by atoms with Gasteiger partial charge in [0.2, 0.25) is 0 Å². The third-order valence-electron chi connectivity index (χ3n) is 7.47. The van der Waals surface area contributed by atoms with E-state index in [1.807, 2.05) is 62.4 Å². The molecule has 0 atom stereocenters. The van der Waals surface area contributed by atoms with Gasteiger partial charge in [0, 0.05) is 50.4 Å². The van der Waals surface area contributed by atoms with Gasteiger partial charge in [-0.15, -0.1) is 0 Å². The highest BCUT2D eigenvalue weighted by Gasteiger charge is 2.15. The normalized spacial score (nSPS) is 14.4.